The zero-order valence-corrected chi connectivity index (χ0v) is 8.76. The largest absolute Gasteiger partial charge is 0.399 e. The van der Waals surface area contributed by atoms with Crippen molar-refractivity contribution in [3.63, 3.8) is 0 Å². The lowest BCUT2D eigenvalue weighted by molar-refractivity contribution is 0.167. The smallest absolute Gasteiger partial charge is 0.163 e. The summed E-state index contributed by atoms with van der Waals surface area (Å²) < 4.78 is 0. The molecule has 1 aliphatic heterocycles. The van der Waals surface area contributed by atoms with Gasteiger partial charge in [0.25, 0.3) is 0 Å². The lowest BCUT2D eigenvalue weighted by Gasteiger charge is -2.16. The first-order valence-electron chi connectivity index (χ1n) is 5.25. The summed E-state index contributed by atoms with van der Waals surface area (Å²) in [5.41, 5.74) is 7.28. The molecule has 1 fully saturated rings. The van der Waals surface area contributed by atoms with Crippen LogP contribution < -0.4 is 10.8 Å². The zero-order valence-electron chi connectivity index (χ0n) is 8.76. The minimum Gasteiger partial charge on any atom is -0.399 e. The second-order valence-corrected chi connectivity index (χ2v) is 3.76. The standard InChI is InChI=1S/C11H12N4O/c12-8-2-3-9-10(6-8)13-7-14-11(9)15-4-1-5-16-15/h2-3,6-7H,1,4-5,12H2. The van der Waals surface area contributed by atoms with E-state index in [1.54, 1.807) is 6.33 Å². The molecule has 0 atom stereocenters. The third-order valence-electron chi connectivity index (χ3n) is 2.63. The van der Waals surface area contributed by atoms with Crippen LogP contribution in [0.1, 0.15) is 6.42 Å². The van der Waals surface area contributed by atoms with Crippen LogP contribution in [0.5, 0.6) is 0 Å². The topological polar surface area (TPSA) is 64.3 Å². The fourth-order valence-electron chi connectivity index (χ4n) is 1.87. The molecule has 0 radical (unpaired) electrons. The predicted molar refractivity (Wildman–Crippen MR) is 61.9 cm³/mol. The molecule has 0 unspecified atom stereocenters. The molecule has 1 saturated heterocycles. The Morgan fingerprint density at radius 3 is 3.06 bits per heavy atom. The van der Waals surface area contributed by atoms with E-state index < -0.39 is 0 Å². The summed E-state index contributed by atoms with van der Waals surface area (Å²) in [5.74, 6) is 0.822. The number of anilines is 2. The molecule has 0 spiro atoms. The maximum absolute atomic E-state index is 5.72. The van der Waals surface area contributed by atoms with E-state index in [0.717, 1.165) is 36.3 Å². The summed E-state index contributed by atoms with van der Waals surface area (Å²) in [4.78, 5) is 14.0. The zero-order chi connectivity index (χ0) is 11.0. The van der Waals surface area contributed by atoms with Crippen LogP contribution in [0.2, 0.25) is 0 Å². The van der Waals surface area contributed by atoms with Gasteiger partial charge < -0.3 is 5.73 Å². The van der Waals surface area contributed by atoms with Gasteiger partial charge in [-0.2, -0.15) is 0 Å². The predicted octanol–water partition coefficient (Wildman–Crippen LogP) is 1.35. The Labute approximate surface area is 92.8 Å². The van der Waals surface area contributed by atoms with Crippen molar-refractivity contribution in [2.75, 3.05) is 23.9 Å². The van der Waals surface area contributed by atoms with Crippen molar-refractivity contribution in [3.8, 4) is 0 Å². The van der Waals surface area contributed by atoms with Crippen molar-refractivity contribution in [2.24, 2.45) is 0 Å². The van der Waals surface area contributed by atoms with E-state index in [1.807, 2.05) is 23.3 Å². The van der Waals surface area contributed by atoms with Crippen molar-refractivity contribution in [1.82, 2.24) is 9.97 Å². The fourth-order valence-corrected chi connectivity index (χ4v) is 1.87. The molecule has 5 nitrogen and oxygen atoms in total. The Morgan fingerprint density at radius 2 is 2.25 bits per heavy atom. The normalized spacial score (nSPS) is 15.9. The Morgan fingerprint density at radius 1 is 1.31 bits per heavy atom. The maximum Gasteiger partial charge on any atom is 0.163 e. The molecule has 3 rings (SSSR count). The molecule has 0 amide bonds. The van der Waals surface area contributed by atoms with Gasteiger partial charge in [-0.05, 0) is 24.6 Å². The quantitative estimate of drug-likeness (QED) is 0.729. The minimum absolute atomic E-state index is 0.708. The monoisotopic (exact) mass is 216 g/mol. The van der Waals surface area contributed by atoms with Crippen molar-refractivity contribution < 1.29 is 4.84 Å². The van der Waals surface area contributed by atoms with Crippen molar-refractivity contribution in [1.29, 1.82) is 0 Å². The van der Waals surface area contributed by atoms with Crippen LogP contribution in [0.4, 0.5) is 11.5 Å². The summed E-state index contributed by atoms with van der Waals surface area (Å²) in [6, 6.07) is 5.63. The first-order valence-corrected chi connectivity index (χ1v) is 5.25. The number of aromatic nitrogens is 2. The SMILES string of the molecule is Nc1ccc2c(N3CCCO3)ncnc2c1. The van der Waals surface area contributed by atoms with Gasteiger partial charge in [-0.15, -0.1) is 0 Å². The number of hydrogen-bond acceptors (Lipinski definition) is 5. The summed E-state index contributed by atoms with van der Waals surface area (Å²) in [6.07, 6.45) is 2.57. The van der Waals surface area contributed by atoms with Crippen LogP contribution in [0.15, 0.2) is 24.5 Å². The van der Waals surface area contributed by atoms with E-state index in [2.05, 4.69) is 9.97 Å². The highest BCUT2D eigenvalue weighted by molar-refractivity contribution is 5.90. The number of nitrogens with zero attached hydrogens (tertiary/aromatic N) is 3. The molecule has 0 saturated carbocycles. The number of rotatable bonds is 1. The molecule has 1 aliphatic rings. The number of hydroxylamine groups is 1. The Bertz CT molecular complexity index is 522. The third kappa shape index (κ3) is 1.45. The molecule has 1 aromatic heterocycles. The molecule has 82 valence electrons. The highest BCUT2D eigenvalue weighted by Crippen LogP contribution is 2.26. The first-order chi connectivity index (χ1) is 7.84. The van der Waals surface area contributed by atoms with E-state index in [4.69, 9.17) is 10.6 Å². The van der Waals surface area contributed by atoms with Gasteiger partial charge in [0.2, 0.25) is 0 Å². The summed E-state index contributed by atoms with van der Waals surface area (Å²) >= 11 is 0. The molecule has 1 aromatic carbocycles. The van der Waals surface area contributed by atoms with E-state index >= 15 is 0 Å². The van der Waals surface area contributed by atoms with Crippen molar-refractivity contribution >= 4 is 22.4 Å². The van der Waals surface area contributed by atoms with Gasteiger partial charge in [-0.25, -0.2) is 15.0 Å². The number of benzene rings is 1. The van der Waals surface area contributed by atoms with Gasteiger partial charge in [-0.3, -0.25) is 4.84 Å². The summed E-state index contributed by atoms with van der Waals surface area (Å²) in [5, 5.41) is 2.79. The number of hydrogen-bond donors (Lipinski definition) is 1. The fraction of sp³-hybridized carbons (Fsp3) is 0.273. The summed E-state index contributed by atoms with van der Waals surface area (Å²) in [7, 11) is 0. The van der Waals surface area contributed by atoms with Crippen molar-refractivity contribution in [2.45, 2.75) is 6.42 Å². The highest BCUT2D eigenvalue weighted by atomic mass is 16.7. The Balaban J connectivity index is 2.16. The molecular formula is C11H12N4O. The van der Waals surface area contributed by atoms with Crippen LogP contribution in [0, 0.1) is 0 Å². The average Bonchev–Trinajstić information content (AvgIpc) is 2.81. The second kappa shape index (κ2) is 3.61. The van der Waals surface area contributed by atoms with Crippen LogP contribution in [0.25, 0.3) is 10.9 Å². The highest BCUT2D eigenvalue weighted by Gasteiger charge is 2.17. The molecule has 16 heavy (non-hydrogen) atoms. The Hall–Kier alpha value is -1.88. The van der Waals surface area contributed by atoms with E-state index in [9.17, 15) is 0 Å². The molecule has 0 bridgehead atoms. The number of fused-ring (bicyclic) bond motifs is 1. The van der Waals surface area contributed by atoms with Gasteiger partial charge in [-0.1, -0.05) is 0 Å². The lowest BCUT2D eigenvalue weighted by atomic mass is 10.2. The van der Waals surface area contributed by atoms with Gasteiger partial charge in [0.05, 0.1) is 12.1 Å². The lowest BCUT2D eigenvalue weighted by Crippen LogP contribution is -2.17. The van der Waals surface area contributed by atoms with Gasteiger partial charge in [0.1, 0.15) is 6.33 Å². The van der Waals surface area contributed by atoms with Crippen LogP contribution in [-0.4, -0.2) is 23.1 Å². The molecule has 2 heterocycles. The van der Waals surface area contributed by atoms with E-state index in [1.165, 1.54) is 0 Å². The van der Waals surface area contributed by atoms with Crippen LogP contribution >= 0.6 is 0 Å². The maximum atomic E-state index is 5.72. The minimum atomic E-state index is 0.708. The molecule has 5 heteroatoms. The first kappa shape index (κ1) is 9.35. The van der Waals surface area contributed by atoms with Crippen LogP contribution in [-0.2, 0) is 4.84 Å². The second-order valence-electron chi connectivity index (χ2n) is 3.76. The summed E-state index contributed by atoms with van der Waals surface area (Å²) in [6.45, 7) is 1.62. The molecule has 2 N–H and O–H groups in total. The van der Waals surface area contributed by atoms with E-state index in [0.29, 0.717) is 5.69 Å². The number of nitrogens with two attached hydrogens (primary N) is 1. The van der Waals surface area contributed by atoms with E-state index in [-0.39, 0.29) is 0 Å². The Kier molecular flexibility index (Phi) is 2.11. The van der Waals surface area contributed by atoms with Gasteiger partial charge >= 0.3 is 0 Å². The average molecular weight is 216 g/mol. The van der Waals surface area contributed by atoms with Crippen LogP contribution in [0.3, 0.4) is 0 Å². The van der Waals surface area contributed by atoms with Gasteiger partial charge in [0.15, 0.2) is 5.82 Å². The van der Waals surface area contributed by atoms with Gasteiger partial charge in [0, 0.05) is 17.6 Å². The third-order valence-corrected chi connectivity index (χ3v) is 2.63. The van der Waals surface area contributed by atoms with Crippen molar-refractivity contribution in [3.05, 3.63) is 24.5 Å². The molecule has 2 aromatic rings. The number of nitrogen functional groups attached to an aromatic ring is 1. The molecular weight excluding hydrogens is 204 g/mol. The molecule has 0 aliphatic carbocycles.